The van der Waals surface area contributed by atoms with Crippen molar-refractivity contribution in [3.05, 3.63) is 46.7 Å². The van der Waals surface area contributed by atoms with Gasteiger partial charge >= 0.3 is 0 Å². The number of benzene rings is 1. The van der Waals surface area contributed by atoms with Gasteiger partial charge in [0.05, 0.1) is 6.26 Å². The summed E-state index contributed by atoms with van der Waals surface area (Å²) in [6.07, 6.45) is 1.94. The molecule has 0 heterocycles. The number of ether oxygens (including phenoxy) is 1. The molecule has 1 aromatic carbocycles. The normalized spacial score (nSPS) is 13.3. The van der Waals surface area contributed by atoms with Gasteiger partial charge in [-0.2, -0.15) is 0 Å². The smallest absolute Gasteiger partial charge is 0.161 e. The molecule has 0 aromatic heterocycles. The van der Waals surface area contributed by atoms with Crippen molar-refractivity contribution >= 4 is 17.4 Å². The number of carbonyl (C=O) groups excluding carboxylic acids is 1. The largest absolute Gasteiger partial charge is 0.493 e. The number of hydrogen-bond acceptors (Lipinski definition) is 2. The second-order valence-corrected chi connectivity index (χ2v) is 4.34. The van der Waals surface area contributed by atoms with E-state index in [1.165, 1.54) is 6.26 Å². The molecule has 0 N–H and O–H groups in total. The van der Waals surface area contributed by atoms with E-state index < -0.39 is 0 Å². The summed E-state index contributed by atoms with van der Waals surface area (Å²) in [6.45, 7) is 5.53. The number of Topliss-reactive ketones (excluding diaryl/α,β-unsaturated/α-hetero) is 1. The summed E-state index contributed by atoms with van der Waals surface area (Å²) in [5.41, 5.74) is 1.68. The first kappa shape index (κ1) is 13.8. The Hall–Kier alpha value is -1.28. The summed E-state index contributed by atoms with van der Waals surface area (Å²) in [5.74, 6) is 0.105. The van der Waals surface area contributed by atoms with Crippen LogP contribution in [0, 0.1) is 0 Å². The van der Waals surface area contributed by atoms with E-state index in [-0.39, 0.29) is 11.9 Å². The summed E-state index contributed by atoms with van der Waals surface area (Å²) in [7, 11) is 0. The number of rotatable bonds is 5. The molecule has 0 aliphatic rings. The minimum absolute atomic E-state index is 0.0909. The van der Waals surface area contributed by atoms with Crippen molar-refractivity contribution in [2.45, 2.75) is 33.3 Å². The lowest BCUT2D eigenvalue weighted by Gasteiger charge is -2.12. The molecule has 0 saturated heterocycles. The highest BCUT2D eigenvalue weighted by Crippen LogP contribution is 2.19. The number of carbonyl (C=O) groups is 1. The zero-order chi connectivity index (χ0) is 12.8. The molecule has 1 aromatic rings. The van der Waals surface area contributed by atoms with Gasteiger partial charge in [-0.3, -0.25) is 4.79 Å². The van der Waals surface area contributed by atoms with Gasteiger partial charge in [0.1, 0.15) is 6.10 Å². The van der Waals surface area contributed by atoms with Crippen LogP contribution in [0.3, 0.4) is 0 Å². The molecule has 0 bridgehead atoms. The molecule has 0 aliphatic carbocycles. The molecule has 0 saturated carbocycles. The van der Waals surface area contributed by atoms with Crippen LogP contribution in [0.4, 0.5) is 0 Å². The Balaban J connectivity index is 2.64. The molecular weight excluding hydrogens is 236 g/mol. The fourth-order valence-electron chi connectivity index (χ4n) is 1.36. The number of allylic oxidation sites excluding steroid dienone is 1. The van der Waals surface area contributed by atoms with Crippen LogP contribution in [0.2, 0.25) is 5.02 Å². The summed E-state index contributed by atoms with van der Waals surface area (Å²) in [5, 5.41) is 0.703. The number of halogens is 1. The second kappa shape index (κ2) is 6.45. The van der Waals surface area contributed by atoms with Crippen LogP contribution in [-0.2, 0) is 9.53 Å². The van der Waals surface area contributed by atoms with E-state index in [1.54, 1.807) is 6.92 Å². The van der Waals surface area contributed by atoms with Gasteiger partial charge < -0.3 is 4.74 Å². The van der Waals surface area contributed by atoms with Crippen LogP contribution in [0.15, 0.2) is 36.1 Å². The molecule has 0 spiro atoms. The van der Waals surface area contributed by atoms with Crippen LogP contribution >= 0.6 is 11.6 Å². The predicted octanol–water partition coefficient (Wildman–Crippen LogP) is 4.30. The topological polar surface area (TPSA) is 26.3 Å². The van der Waals surface area contributed by atoms with Crippen molar-refractivity contribution in [3.8, 4) is 0 Å². The first-order valence-electron chi connectivity index (χ1n) is 5.65. The molecule has 92 valence electrons. The average Bonchev–Trinajstić information content (AvgIpc) is 2.35. The van der Waals surface area contributed by atoms with Gasteiger partial charge in [0.15, 0.2) is 5.78 Å². The number of ketones is 1. The Morgan fingerprint density at radius 2 is 2.00 bits per heavy atom. The van der Waals surface area contributed by atoms with Gasteiger partial charge in [-0.05, 0) is 31.5 Å². The molecule has 1 rings (SSSR count). The molecule has 0 fully saturated rings. The minimum Gasteiger partial charge on any atom is -0.493 e. The van der Waals surface area contributed by atoms with Crippen molar-refractivity contribution in [3.63, 3.8) is 0 Å². The van der Waals surface area contributed by atoms with Gasteiger partial charge in [-0.15, -0.1) is 0 Å². The molecule has 3 heteroatoms. The molecule has 0 amide bonds. The predicted molar refractivity (Wildman–Crippen MR) is 70.0 cm³/mol. The highest BCUT2D eigenvalue weighted by molar-refractivity contribution is 6.30. The van der Waals surface area contributed by atoms with Gasteiger partial charge in [0.25, 0.3) is 0 Å². The van der Waals surface area contributed by atoms with E-state index in [0.717, 1.165) is 5.56 Å². The van der Waals surface area contributed by atoms with E-state index >= 15 is 0 Å². The third-order valence-corrected chi connectivity index (χ3v) is 2.80. The Morgan fingerprint density at radius 1 is 1.41 bits per heavy atom. The average molecular weight is 253 g/mol. The van der Waals surface area contributed by atoms with Gasteiger partial charge in [0.2, 0.25) is 0 Å². The Bertz CT molecular complexity index is 407. The fraction of sp³-hybridized carbons (Fsp3) is 0.357. The molecule has 0 radical (unpaired) electrons. The van der Waals surface area contributed by atoms with Gasteiger partial charge in [-0.1, -0.05) is 30.7 Å². The molecule has 0 unspecified atom stereocenters. The Labute approximate surface area is 107 Å². The van der Waals surface area contributed by atoms with E-state index in [1.807, 2.05) is 38.1 Å². The van der Waals surface area contributed by atoms with E-state index in [2.05, 4.69) is 0 Å². The zero-order valence-corrected chi connectivity index (χ0v) is 11.1. The van der Waals surface area contributed by atoms with Crippen LogP contribution in [-0.4, -0.2) is 5.78 Å². The maximum atomic E-state index is 11.3. The monoisotopic (exact) mass is 252 g/mol. The lowest BCUT2D eigenvalue weighted by molar-refractivity contribution is -0.115. The third-order valence-electron chi connectivity index (χ3n) is 2.55. The van der Waals surface area contributed by atoms with Crippen LogP contribution < -0.4 is 0 Å². The second-order valence-electron chi connectivity index (χ2n) is 3.91. The maximum Gasteiger partial charge on any atom is 0.161 e. The standard InChI is InChI=1S/C14H17ClO2/c1-4-14(16)10(2)9-17-11(3)12-5-7-13(15)8-6-12/h5-9,11H,4H2,1-3H3/b10-9+/t11-/m1/s1. The summed E-state index contributed by atoms with van der Waals surface area (Å²) < 4.78 is 5.53. The van der Waals surface area contributed by atoms with Crippen molar-refractivity contribution in [1.29, 1.82) is 0 Å². The summed E-state index contributed by atoms with van der Waals surface area (Å²) >= 11 is 5.81. The highest BCUT2D eigenvalue weighted by atomic mass is 35.5. The lowest BCUT2D eigenvalue weighted by Crippen LogP contribution is -2.00. The first-order valence-corrected chi connectivity index (χ1v) is 6.03. The van der Waals surface area contributed by atoms with E-state index in [4.69, 9.17) is 16.3 Å². The molecule has 17 heavy (non-hydrogen) atoms. The summed E-state index contributed by atoms with van der Waals surface area (Å²) in [6, 6.07) is 7.48. The third kappa shape index (κ3) is 4.23. The van der Waals surface area contributed by atoms with Crippen molar-refractivity contribution < 1.29 is 9.53 Å². The molecular formula is C14H17ClO2. The van der Waals surface area contributed by atoms with Crippen molar-refractivity contribution in [2.24, 2.45) is 0 Å². The van der Waals surface area contributed by atoms with E-state index in [0.29, 0.717) is 17.0 Å². The SMILES string of the molecule is CCC(=O)/C(C)=C/O[C@H](C)c1ccc(Cl)cc1. The van der Waals surface area contributed by atoms with Gasteiger partial charge in [-0.25, -0.2) is 0 Å². The summed E-state index contributed by atoms with van der Waals surface area (Å²) in [4.78, 5) is 11.3. The molecule has 0 aliphatic heterocycles. The Kier molecular flexibility index (Phi) is 5.23. The van der Waals surface area contributed by atoms with Crippen LogP contribution in [0.5, 0.6) is 0 Å². The van der Waals surface area contributed by atoms with Crippen molar-refractivity contribution in [2.75, 3.05) is 0 Å². The quantitative estimate of drug-likeness (QED) is 0.577. The van der Waals surface area contributed by atoms with Gasteiger partial charge in [0, 0.05) is 17.0 Å². The first-order chi connectivity index (χ1) is 8.04. The number of hydrogen-bond donors (Lipinski definition) is 0. The van der Waals surface area contributed by atoms with Crippen LogP contribution in [0.1, 0.15) is 38.9 Å². The zero-order valence-electron chi connectivity index (χ0n) is 10.4. The minimum atomic E-state index is -0.0909. The molecule has 2 nitrogen and oxygen atoms in total. The lowest BCUT2D eigenvalue weighted by atomic mass is 10.1. The van der Waals surface area contributed by atoms with Crippen molar-refractivity contribution in [1.82, 2.24) is 0 Å². The fourth-order valence-corrected chi connectivity index (χ4v) is 1.49. The van der Waals surface area contributed by atoms with E-state index in [9.17, 15) is 4.79 Å². The highest BCUT2D eigenvalue weighted by Gasteiger charge is 2.06. The molecule has 1 atom stereocenters. The maximum absolute atomic E-state index is 11.3. The Morgan fingerprint density at radius 3 is 2.53 bits per heavy atom. The van der Waals surface area contributed by atoms with Crippen LogP contribution in [0.25, 0.3) is 0 Å².